The highest BCUT2D eigenvalue weighted by molar-refractivity contribution is 5.38. The van der Waals surface area contributed by atoms with Gasteiger partial charge in [-0.05, 0) is 18.8 Å². The van der Waals surface area contributed by atoms with Crippen LogP contribution in [-0.2, 0) is 11.3 Å². The number of aromatic nitrogens is 2. The number of methoxy groups -OCH3 is 1. The van der Waals surface area contributed by atoms with Crippen molar-refractivity contribution in [3.8, 4) is 0 Å². The van der Waals surface area contributed by atoms with Crippen molar-refractivity contribution in [2.75, 3.05) is 25.6 Å². The molecule has 0 unspecified atom stereocenters. The van der Waals surface area contributed by atoms with Gasteiger partial charge in [0, 0.05) is 19.9 Å². The molecule has 84 valence electrons. The summed E-state index contributed by atoms with van der Waals surface area (Å²) in [7, 11) is 1.71. The normalized spacial score (nSPS) is 16.3. The number of ether oxygens (including phenoxy) is 1. The molecule has 4 nitrogen and oxygen atoms in total. The first-order valence-electron chi connectivity index (χ1n) is 5.64. The zero-order chi connectivity index (χ0) is 10.5. The van der Waals surface area contributed by atoms with E-state index in [0.29, 0.717) is 6.61 Å². The van der Waals surface area contributed by atoms with Crippen LogP contribution in [0, 0.1) is 5.92 Å². The number of hydrogen-bond acceptors (Lipinski definition) is 3. The first kappa shape index (κ1) is 10.5. The monoisotopic (exact) mass is 209 g/mol. The van der Waals surface area contributed by atoms with Crippen LogP contribution in [0.15, 0.2) is 12.4 Å². The molecular formula is C11H19N3O. The summed E-state index contributed by atoms with van der Waals surface area (Å²) in [5.74, 6) is 0.882. The average molecular weight is 209 g/mol. The fourth-order valence-corrected chi connectivity index (χ4v) is 1.72. The molecule has 0 bridgehead atoms. The fourth-order valence-electron chi connectivity index (χ4n) is 1.72. The molecule has 0 amide bonds. The summed E-state index contributed by atoms with van der Waals surface area (Å²) in [5.41, 5.74) is 1.12. The minimum Gasteiger partial charge on any atom is -0.383 e. The van der Waals surface area contributed by atoms with Crippen LogP contribution >= 0.6 is 0 Å². The van der Waals surface area contributed by atoms with Gasteiger partial charge in [-0.15, -0.1) is 0 Å². The molecule has 1 aromatic heterocycles. The summed E-state index contributed by atoms with van der Waals surface area (Å²) in [4.78, 5) is 0. The van der Waals surface area contributed by atoms with Crippen LogP contribution in [0.4, 0.5) is 5.69 Å². The molecule has 4 heteroatoms. The van der Waals surface area contributed by atoms with Crippen LogP contribution < -0.4 is 5.32 Å². The van der Waals surface area contributed by atoms with E-state index in [2.05, 4.69) is 10.4 Å². The minimum atomic E-state index is 0.712. The molecule has 1 heterocycles. The predicted octanol–water partition coefficient (Wildman–Crippen LogP) is 1.74. The lowest BCUT2D eigenvalue weighted by Gasteiger charge is -2.25. The molecule has 0 radical (unpaired) electrons. The highest BCUT2D eigenvalue weighted by atomic mass is 16.5. The van der Waals surface area contributed by atoms with Gasteiger partial charge in [0.1, 0.15) is 0 Å². The van der Waals surface area contributed by atoms with E-state index in [0.717, 1.165) is 24.7 Å². The molecule has 0 aromatic carbocycles. The SMILES string of the molecule is COCCn1cc(NCC2CCC2)cn1. The van der Waals surface area contributed by atoms with Gasteiger partial charge in [0.25, 0.3) is 0 Å². The lowest BCUT2D eigenvalue weighted by atomic mass is 9.85. The molecule has 1 N–H and O–H groups in total. The standard InChI is InChI=1S/C11H19N3O/c1-15-6-5-14-9-11(8-13-14)12-7-10-3-2-4-10/h8-10,12H,2-7H2,1H3. The molecule has 0 spiro atoms. The van der Waals surface area contributed by atoms with Crippen molar-refractivity contribution in [2.24, 2.45) is 5.92 Å². The number of nitrogens with one attached hydrogen (secondary N) is 1. The Labute approximate surface area is 90.6 Å². The molecule has 2 rings (SSSR count). The van der Waals surface area contributed by atoms with Crippen molar-refractivity contribution in [2.45, 2.75) is 25.8 Å². The van der Waals surface area contributed by atoms with Gasteiger partial charge < -0.3 is 10.1 Å². The van der Waals surface area contributed by atoms with Crippen LogP contribution in [0.2, 0.25) is 0 Å². The predicted molar refractivity (Wildman–Crippen MR) is 59.9 cm³/mol. The van der Waals surface area contributed by atoms with Gasteiger partial charge in [0.05, 0.1) is 25.0 Å². The van der Waals surface area contributed by atoms with Gasteiger partial charge in [0.15, 0.2) is 0 Å². The van der Waals surface area contributed by atoms with Crippen molar-refractivity contribution in [3.63, 3.8) is 0 Å². The van der Waals surface area contributed by atoms with E-state index >= 15 is 0 Å². The van der Waals surface area contributed by atoms with E-state index in [-0.39, 0.29) is 0 Å². The molecule has 15 heavy (non-hydrogen) atoms. The zero-order valence-corrected chi connectivity index (χ0v) is 9.28. The molecule has 0 atom stereocenters. The number of rotatable bonds is 6. The van der Waals surface area contributed by atoms with Crippen molar-refractivity contribution in [3.05, 3.63) is 12.4 Å². The molecule has 0 saturated heterocycles. The summed E-state index contributed by atoms with van der Waals surface area (Å²) < 4.78 is 6.91. The van der Waals surface area contributed by atoms with Crippen LogP contribution in [-0.4, -0.2) is 30.0 Å². The van der Waals surface area contributed by atoms with Crippen LogP contribution in [0.5, 0.6) is 0 Å². The summed E-state index contributed by atoms with van der Waals surface area (Å²) in [6.07, 6.45) is 8.08. The second kappa shape index (κ2) is 5.16. The Bertz CT molecular complexity index is 294. The second-order valence-corrected chi connectivity index (χ2v) is 4.16. The highest BCUT2D eigenvalue weighted by Gasteiger charge is 2.16. The van der Waals surface area contributed by atoms with Crippen molar-refractivity contribution in [1.82, 2.24) is 9.78 Å². The fraction of sp³-hybridized carbons (Fsp3) is 0.727. The van der Waals surface area contributed by atoms with E-state index in [1.54, 1.807) is 7.11 Å². The molecule has 1 aliphatic rings. The summed E-state index contributed by atoms with van der Waals surface area (Å²) in [5, 5.41) is 7.67. The first-order chi connectivity index (χ1) is 7.38. The van der Waals surface area contributed by atoms with Gasteiger partial charge in [-0.1, -0.05) is 6.42 Å². The van der Waals surface area contributed by atoms with Gasteiger partial charge in [0.2, 0.25) is 0 Å². The summed E-state index contributed by atoms with van der Waals surface area (Å²) in [6.45, 7) is 2.63. The lowest BCUT2D eigenvalue weighted by Crippen LogP contribution is -2.20. The van der Waals surface area contributed by atoms with Crippen molar-refractivity contribution >= 4 is 5.69 Å². The summed E-state index contributed by atoms with van der Waals surface area (Å²) >= 11 is 0. The third-order valence-electron chi connectivity index (χ3n) is 2.98. The number of anilines is 1. The van der Waals surface area contributed by atoms with E-state index in [9.17, 15) is 0 Å². The van der Waals surface area contributed by atoms with Crippen LogP contribution in [0.3, 0.4) is 0 Å². The van der Waals surface area contributed by atoms with E-state index in [1.165, 1.54) is 19.3 Å². The second-order valence-electron chi connectivity index (χ2n) is 4.16. The van der Waals surface area contributed by atoms with Gasteiger partial charge in [-0.2, -0.15) is 5.10 Å². The first-order valence-corrected chi connectivity index (χ1v) is 5.64. The van der Waals surface area contributed by atoms with E-state index < -0.39 is 0 Å². The Morgan fingerprint density at radius 1 is 1.60 bits per heavy atom. The maximum absolute atomic E-state index is 5.00. The van der Waals surface area contributed by atoms with Crippen LogP contribution in [0.1, 0.15) is 19.3 Å². The Morgan fingerprint density at radius 3 is 3.13 bits per heavy atom. The Hall–Kier alpha value is -1.03. The minimum absolute atomic E-state index is 0.712. The molecule has 1 aliphatic carbocycles. The van der Waals surface area contributed by atoms with Gasteiger partial charge in [-0.3, -0.25) is 4.68 Å². The largest absolute Gasteiger partial charge is 0.383 e. The average Bonchev–Trinajstić information content (AvgIpc) is 2.60. The lowest BCUT2D eigenvalue weighted by molar-refractivity contribution is 0.183. The Morgan fingerprint density at radius 2 is 2.47 bits per heavy atom. The molecule has 0 aliphatic heterocycles. The molecule has 1 fully saturated rings. The van der Waals surface area contributed by atoms with E-state index in [4.69, 9.17) is 4.74 Å². The van der Waals surface area contributed by atoms with Gasteiger partial charge >= 0.3 is 0 Å². The Balaban J connectivity index is 1.73. The smallest absolute Gasteiger partial charge is 0.0726 e. The molecule has 1 aromatic rings. The maximum atomic E-state index is 5.00. The molecular weight excluding hydrogens is 190 g/mol. The van der Waals surface area contributed by atoms with E-state index in [1.807, 2.05) is 17.1 Å². The molecule has 1 saturated carbocycles. The quantitative estimate of drug-likeness (QED) is 0.775. The third-order valence-corrected chi connectivity index (χ3v) is 2.98. The number of nitrogens with zero attached hydrogens (tertiary/aromatic N) is 2. The third kappa shape index (κ3) is 2.96. The Kier molecular flexibility index (Phi) is 3.61. The maximum Gasteiger partial charge on any atom is 0.0726 e. The summed E-state index contributed by atoms with van der Waals surface area (Å²) in [6, 6.07) is 0. The van der Waals surface area contributed by atoms with Crippen molar-refractivity contribution < 1.29 is 4.74 Å². The number of hydrogen-bond donors (Lipinski definition) is 1. The van der Waals surface area contributed by atoms with Gasteiger partial charge in [-0.25, -0.2) is 0 Å². The highest BCUT2D eigenvalue weighted by Crippen LogP contribution is 2.26. The van der Waals surface area contributed by atoms with Crippen LogP contribution in [0.25, 0.3) is 0 Å². The zero-order valence-electron chi connectivity index (χ0n) is 9.28. The topological polar surface area (TPSA) is 39.1 Å². The van der Waals surface area contributed by atoms with Crippen molar-refractivity contribution in [1.29, 1.82) is 0 Å².